The van der Waals surface area contributed by atoms with Gasteiger partial charge in [-0.25, -0.2) is 0 Å². The molecule has 3 amide bonds. The molecule has 8 heteroatoms. The molecule has 8 nitrogen and oxygen atoms in total. The van der Waals surface area contributed by atoms with Gasteiger partial charge in [-0.1, -0.05) is 0 Å². The van der Waals surface area contributed by atoms with Crippen molar-refractivity contribution in [3.8, 4) is 0 Å². The summed E-state index contributed by atoms with van der Waals surface area (Å²) < 4.78 is 0. The van der Waals surface area contributed by atoms with Crippen molar-refractivity contribution in [2.45, 2.75) is 24.9 Å². The molecule has 2 aliphatic heterocycles. The van der Waals surface area contributed by atoms with Crippen LogP contribution in [-0.2, 0) is 14.4 Å². The molecular weight excluding hydrogens is 262 g/mol. The summed E-state index contributed by atoms with van der Waals surface area (Å²) in [6.07, 6.45) is 1.61. The lowest BCUT2D eigenvalue weighted by Crippen LogP contribution is -2.59. The standard InChI is InChI=1S/C12H21N5O3/c13-10(18)7-17-3-1-8(2-4-17)16-12(20)9-5-15-11(19)6-14-9/h8-9,14H,1-7H2,(H2,13,18)(H,15,19)(H,16,20). The smallest absolute Gasteiger partial charge is 0.239 e. The molecule has 0 aromatic rings. The van der Waals surface area contributed by atoms with Gasteiger partial charge in [-0.2, -0.15) is 0 Å². The van der Waals surface area contributed by atoms with Crippen molar-refractivity contribution in [1.29, 1.82) is 0 Å². The van der Waals surface area contributed by atoms with Crippen molar-refractivity contribution in [3.63, 3.8) is 0 Å². The highest BCUT2D eigenvalue weighted by Crippen LogP contribution is 2.10. The summed E-state index contributed by atoms with van der Waals surface area (Å²) in [5, 5.41) is 8.54. The Morgan fingerprint density at radius 3 is 2.60 bits per heavy atom. The Bertz CT molecular complexity index is 383. The third-order valence-corrected chi connectivity index (χ3v) is 3.64. The lowest BCUT2D eigenvalue weighted by Gasteiger charge is -2.33. The maximum absolute atomic E-state index is 12.0. The molecule has 2 heterocycles. The molecule has 0 saturated carbocycles. The van der Waals surface area contributed by atoms with Gasteiger partial charge in [0.1, 0.15) is 6.04 Å². The fraction of sp³-hybridized carbons (Fsp3) is 0.750. The maximum Gasteiger partial charge on any atom is 0.239 e. The van der Waals surface area contributed by atoms with Gasteiger partial charge in [-0.05, 0) is 12.8 Å². The molecule has 2 rings (SSSR count). The minimum absolute atomic E-state index is 0.0849. The van der Waals surface area contributed by atoms with Crippen LogP contribution in [-0.4, -0.2) is 67.4 Å². The molecule has 0 spiro atoms. The van der Waals surface area contributed by atoms with Crippen molar-refractivity contribution in [2.24, 2.45) is 5.73 Å². The van der Waals surface area contributed by atoms with Gasteiger partial charge >= 0.3 is 0 Å². The highest BCUT2D eigenvalue weighted by molar-refractivity contribution is 5.86. The van der Waals surface area contributed by atoms with Gasteiger partial charge in [-0.15, -0.1) is 0 Å². The van der Waals surface area contributed by atoms with Crippen LogP contribution in [0.4, 0.5) is 0 Å². The van der Waals surface area contributed by atoms with Gasteiger partial charge in [-0.3, -0.25) is 24.6 Å². The molecule has 0 aliphatic carbocycles. The van der Waals surface area contributed by atoms with E-state index in [1.807, 2.05) is 4.90 Å². The first kappa shape index (κ1) is 14.7. The molecule has 20 heavy (non-hydrogen) atoms. The maximum atomic E-state index is 12.0. The normalized spacial score (nSPS) is 25.0. The van der Waals surface area contributed by atoms with Crippen molar-refractivity contribution in [2.75, 3.05) is 32.7 Å². The van der Waals surface area contributed by atoms with Crippen molar-refractivity contribution in [3.05, 3.63) is 0 Å². The number of piperazine rings is 1. The molecule has 5 N–H and O–H groups in total. The molecule has 1 atom stereocenters. The number of nitrogens with zero attached hydrogens (tertiary/aromatic N) is 1. The van der Waals surface area contributed by atoms with Crippen LogP contribution in [0.25, 0.3) is 0 Å². The van der Waals surface area contributed by atoms with Crippen LogP contribution in [0.3, 0.4) is 0 Å². The van der Waals surface area contributed by atoms with E-state index in [4.69, 9.17) is 5.73 Å². The monoisotopic (exact) mass is 283 g/mol. The Balaban J connectivity index is 1.71. The summed E-state index contributed by atoms with van der Waals surface area (Å²) >= 11 is 0. The van der Waals surface area contributed by atoms with Gasteiger partial charge < -0.3 is 16.4 Å². The van der Waals surface area contributed by atoms with Gasteiger partial charge in [0.05, 0.1) is 13.1 Å². The predicted octanol–water partition coefficient (Wildman–Crippen LogP) is -2.86. The fourth-order valence-electron chi connectivity index (χ4n) is 2.51. The summed E-state index contributed by atoms with van der Waals surface area (Å²) in [5.41, 5.74) is 5.15. The average molecular weight is 283 g/mol. The highest BCUT2D eigenvalue weighted by Gasteiger charge is 2.27. The van der Waals surface area contributed by atoms with Gasteiger partial charge in [0, 0.05) is 25.7 Å². The molecule has 0 bridgehead atoms. The summed E-state index contributed by atoms with van der Waals surface area (Å²) in [5.74, 6) is -0.498. The van der Waals surface area contributed by atoms with Crippen LogP contribution < -0.4 is 21.7 Å². The van der Waals surface area contributed by atoms with Crippen molar-refractivity contribution < 1.29 is 14.4 Å². The number of hydrogen-bond acceptors (Lipinski definition) is 5. The zero-order chi connectivity index (χ0) is 14.5. The lowest BCUT2D eigenvalue weighted by molar-refractivity contribution is -0.127. The van der Waals surface area contributed by atoms with E-state index in [0.29, 0.717) is 6.54 Å². The van der Waals surface area contributed by atoms with Gasteiger partial charge in [0.15, 0.2) is 0 Å². The first-order valence-corrected chi connectivity index (χ1v) is 6.85. The zero-order valence-corrected chi connectivity index (χ0v) is 11.4. The van der Waals surface area contributed by atoms with Crippen molar-refractivity contribution >= 4 is 17.7 Å². The predicted molar refractivity (Wildman–Crippen MR) is 71.6 cm³/mol. The number of likely N-dealkylation sites (tertiary alicyclic amines) is 1. The number of nitrogens with two attached hydrogens (primary N) is 1. The third kappa shape index (κ3) is 4.17. The second kappa shape index (κ2) is 6.67. The molecule has 2 saturated heterocycles. The van der Waals surface area contributed by atoms with Crippen LogP contribution in [0.15, 0.2) is 0 Å². The van der Waals surface area contributed by atoms with Gasteiger partial charge in [0.25, 0.3) is 0 Å². The topological polar surface area (TPSA) is 117 Å². The first-order valence-electron chi connectivity index (χ1n) is 6.85. The zero-order valence-electron chi connectivity index (χ0n) is 11.4. The SMILES string of the molecule is NC(=O)CN1CCC(NC(=O)C2CNC(=O)CN2)CC1. The van der Waals surface area contributed by atoms with Crippen molar-refractivity contribution in [1.82, 2.24) is 20.9 Å². The van der Waals surface area contributed by atoms with Gasteiger partial charge in [0.2, 0.25) is 17.7 Å². The quantitative estimate of drug-likeness (QED) is 0.443. The Morgan fingerprint density at radius 2 is 2.05 bits per heavy atom. The summed E-state index contributed by atoms with van der Waals surface area (Å²) in [4.78, 5) is 35.8. The van der Waals surface area contributed by atoms with E-state index in [0.717, 1.165) is 25.9 Å². The van der Waals surface area contributed by atoms with Crippen LogP contribution in [0.2, 0.25) is 0 Å². The van der Waals surface area contributed by atoms with E-state index in [-0.39, 0.29) is 42.9 Å². The summed E-state index contributed by atoms with van der Waals surface area (Å²) in [6, 6.07) is -0.248. The number of amides is 3. The van der Waals surface area contributed by atoms with E-state index in [1.54, 1.807) is 0 Å². The molecule has 0 aromatic carbocycles. The second-order valence-electron chi connectivity index (χ2n) is 5.26. The van der Waals surface area contributed by atoms with E-state index in [2.05, 4.69) is 16.0 Å². The lowest BCUT2D eigenvalue weighted by atomic mass is 10.0. The Kier molecular flexibility index (Phi) is 4.91. The highest BCUT2D eigenvalue weighted by atomic mass is 16.2. The molecule has 1 unspecified atom stereocenters. The van der Waals surface area contributed by atoms with Crippen LogP contribution in [0, 0.1) is 0 Å². The minimum Gasteiger partial charge on any atom is -0.369 e. The van der Waals surface area contributed by atoms with E-state index >= 15 is 0 Å². The number of carbonyl (C=O) groups is 3. The number of carbonyl (C=O) groups excluding carboxylic acids is 3. The first-order chi connectivity index (χ1) is 9.54. The molecular formula is C12H21N5O3. The third-order valence-electron chi connectivity index (χ3n) is 3.64. The number of rotatable bonds is 4. The minimum atomic E-state index is -0.364. The summed E-state index contributed by atoms with van der Waals surface area (Å²) in [6.45, 7) is 2.28. The second-order valence-corrected chi connectivity index (χ2v) is 5.26. The van der Waals surface area contributed by atoms with E-state index < -0.39 is 0 Å². The Labute approximate surface area is 117 Å². The molecule has 112 valence electrons. The molecule has 2 fully saturated rings. The van der Waals surface area contributed by atoms with E-state index in [9.17, 15) is 14.4 Å². The average Bonchev–Trinajstić information content (AvgIpc) is 2.41. The van der Waals surface area contributed by atoms with E-state index in [1.165, 1.54) is 0 Å². The Morgan fingerprint density at radius 1 is 1.35 bits per heavy atom. The number of primary amides is 1. The number of piperidine rings is 1. The number of nitrogens with one attached hydrogen (secondary N) is 3. The Hall–Kier alpha value is -1.67. The molecule has 0 aromatic heterocycles. The fourth-order valence-corrected chi connectivity index (χ4v) is 2.51. The summed E-state index contributed by atoms with van der Waals surface area (Å²) in [7, 11) is 0. The van der Waals surface area contributed by atoms with Crippen LogP contribution in [0.1, 0.15) is 12.8 Å². The van der Waals surface area contributed by atoms with Crippen LogP contribution >= 0.6 is 0 Å². The van der Waals surface area contributed by atoms with Crippen LogP contribution in [0.5, 0.6) is 0 Å². The number of hydrogen-bond donors (Lipinski definition) is 4. The largest absolute Gasteiger partial charge is 0.369 e. The molecule has 0 radical (unpaired) electrons. The molecule has 2 aliphatic rings.